The fraction of sp³-hybridized carbons (Fsp3) is 0.438. The Morgan fingerprint density at radius 1 is 1.42 bits per heavy atom. The van der Waals surface area contributed by atoms with E-state index in [0.29, 0.717) is 13.2 Å². The third-order valence-corrected chi connectivity index (χ3v) is 4.50. The van der Waals surface area contributed by atoms with Crippen molar-refractivity contribution in [1.82, 2.24) is 14.5 Å². The van der Waals surface area contributed by atoms with Gasteiger partial charge in [0, 0.05) is 17.6 Å². The van der Waals surface area contributed by atoms with Crippen LogP contribution < -0.4 is 9.47 Å². The van der Waals surface area contributed by atoms with Crippen LogP contribution in [0.2, 0.25) is 0 Å². The molecule has 0 N–H and O–H groups in total. The van der Waals surface area contributed by atoms with Crippen LogP contribution in [-0.4, -0.2) is 45.7 Å². The van der Waals surface area contributed by atoms with E-state index >= 15 is 0 Å². The van der Waals surface area contributed by atoms with E-state index in [4.69, 9.17) is 4.74 Å². The first kappa shape index (κ1) is 18.1. The molecule has 1 aliphatic heterocycles. The molecule has 140 valence electrons. The van der Waals surface area contributed by atoms with Crippen molar-refractivity contribution in [3.63, 3.8) is 0 Å². The average molecular weight is 368 g/mol. The summed E-state index contributed by atoms with van der Waals surface area (Å²) in [7, 11) is 1.92. The van der Waals surface area contributed by atoms with E-state index in [1.54, 1.807) is 16.7 Å². The lowest BCUT2D eigenvalue weighted by Crippen LogP contribution is -2.43. The zero-order valence-electron chi connectivity index (χ0n) is 14.2. The number of aromatic nitrogens is 2. The monoisotopic (exact) mass is 368 g/mol. The molecule has 0 saturated carbocycles. The van der Waals surface area contributed by atoms with Crippen LogP contribution in [0.3, 0.4) is 0 Å². The van der Waals surface area contributed by atoms with Crippen LogP contribution in [0.4, 0.5) is 14.6 Å². The molecule has 0 saturated heterocycles. The molecular formula is C16H18F2N4O4. The van der Waals surface area contributed by atoms with Gasteiger partial charge in [0.05, 0.1) is 6.04 Å². The summed E-state index contributed by atoms with van der Waals surface area (Å²) < 4.78 is 36.0. The Labute approximate surface area is 148 Å². The van der Waals surface area contributed by atoms with Crippen LogP contribution in [-0.2, 0) is 6.54 Å². The fourth-order valence-electron chi connectivity index (χ4n) is 2.90. The molecule has 0 amide bonds. The van der Waals surface area contributed by atoms with E-state index in [1.165, 1.54) is 18.3 Å². The number of alkyl halides is 2. The highest BCUT2D eigenvalue weighted by Crippen LogP contribution is 2.28. The van der Waals surface area contributed by atoms with Crippen LogP contribution >= 0.6 is 0 Å². The van der Waals surface area contributed by atoms with Gasteiger partial charge in [-0.15, -0.1) is 0 Å². The van der Waals surface area contributed by atoms with Crippen LogP contribution in [0, 0.1) is 10.1 Å². The number of nitrogens with zero attached hydrogens (tertiary/aromatic N) is 4. The minimum absolute atomic E-state index is 0.0238. The number of benzene rings is 1. The van der Waals surface area contributed by atoms with Gasteiger partial charge in [0.25, 0.3) is 0 Å². The number of halogens is 2. The van der Waals surface area contributed by atoms with Crippen molar-refractivity contribution in [2.24, 2.45) is 0 Å². The Balaban J connectivity index is 1.68. The predicted molar refractivity (Wildman–Crippen MR) is 87.4 cm³/mol. The molecule has 1 aliphatic rings. The quantitative estimate of drug-likeness (QED) is 0.576. The smallest absolute Gasteiger partial charge is 0.414 e. The number of nitro groups is 1. The summed E-state index contributed by atoms with van der Waals surface area (Å²) in [6, 6.07) is 6.66. The van der Waals surface area contributed by atoms with Crippen molar-refractivity contribution in [2.45, 2.75) is 32.2 Å². The molecule has 0 spiro atoms. The van der Waals surface area contributed by atoms with E-state index < -0.39 is 11.5 Å². The fourth-order valence-corrected chi connectivity index (χ4v) is 2.90. The second-order valence-electron chi connectivity index (χ2n) is 6.04. The zero-order valence-corrected chi connectivity index (χ0v) is 14.2. The van der Waals surface area contributed by atoms with Crippen molar-refractivity contribution >= 4 is 5.82 Å². The number of hydrogen-bond acceptors (Lipinski definition) is 6. The van der Waals surface area contributed by atoms with Crippen LogP contribution in [0.5, 0.6) is 11.8 Å². The minimum atomic E-state index is -2.85. The molecule has 26 heavy (non-hydrogen) atoms. The number of likely N-dealkylation sites (N-methyl/N-ethyl adjacent to an activating group) is 1. The predicted octanol–water partition coefficient (Wildman–Crippen LogP) is 2.85. The molecule has 1 aromatic heterocycles. The van der Waals surface area contributed by atoms with Gasteiger partial charge in [-0.1, -0.05) is 12.1 Å². The molecule has 2 aromatic rings. The zero-order chi connectivity index (χ0) is 18.8. The number of imidazole rings is 1. The standard InChI is InChI=1S/C16H18F2N4O4/c1-10(11-3-5-13(6-4-11)26-15(17)18)20(2)12-7-21-8-14(22(23)24)19-16(21)25-9-12/h3-6,8,10,12,15H,7,9H2,1-2H3/t10?,12-/m0/s1. The highest BCUT2D eigenvalue weighted by atomic mass is 19.3. The summed E-state index contributed by atoms with van der Waals surface area (Å²) >= 11 is 0. The summed E-state index contributed by atoms with van der Waals surface area (Å²) in [6.07, 6.45) is 1.36. The van der Waals surface area contributed by atoms with Gasteiger partial charge < -0.3 is 19.6 Å². The lowest BCUT2D eigenvalue weighted by Gasteiger charge is -2.35. The first-order chi connectivity index (χ1) is 12.3. The Morgan fingerprint density at radius 2 is 2.12 bits per heavy atom. The molecule has 0 bridgehead atoms. The lowest BCUT2D eigenvalue weighted by atomic mass is 10.1. The van der Waals surface area contributed by atoms with Crippen LogP contribution in [0.1, 0.15) is 18.5 Å². The second kappa shape index (κ2) is 7.24. The largest absolute Gasteiger partial charge is 0.444 e. The Bertz CT molecular complexity index is 781. The maximum atomic E-state index is 12.2. The summed E-state index contributed by atoms with van der Waals surface area (Å²) in [5.74, 6) is -0.138. The maximum Gasteiger partial charge on any atom is 0.414 e. The maximum absolute atomic E-state index is 12.2. The van der Waals surface area contributed by atoms with Gasteiger partial charge in [-0.3, -0.25) is 9.47 Å². The average Bonchev–Trinajstić information content (AvgIpc) is 3.04. The highest BCUT2D eigenvalue weighted by molar-refractivity contribution is 5.29. The first-order valence-corrected chi connectivity index (χ1v) is 7.96. The van der Waals surface area contributed by atoms with Crippen molar-refractivity contribution in [2.75, 3.05) is 13.7 Å². The van der Waals surface area contributed by atoms with Crippen molar-refractivity contribution in [1.29, 1.82) is 0 Å². The second-order valence-corrected chi connectivity index (χ2v) is 6.04. The highest BCUT2D eigenvalue weighted by Gasteiger charge is 2.31. The summed E-state index contributed by atoms with van der Waals surface area (Å²) in [5, 5.41) is 10.8. The van der Waals surface area contributed by atoms with Gasteiger partial charge in [0.2, 0.25) is 0 Å². The molecule has 0 aliphatic carbocycles. The summed E-state index contributed by atoms with van der Waals surface area (Å²) in [5.41, 5.74) is 0.927. The van der Waals surface area contributed by atoms with Crippen LogP contribution in [0.15, 0.2) is 30.5 Å². The molecular weight excluding hydrogens is 350 g/mol. The molecule has 1 aromatic carbocycles. The molecule has 8 nitrogen and oxygen atoms in total. The van der Waals surface area contributed by atoms with E-state index in [9.17, 15) is 18.9 Å². The molecule has 0 fully saturated rings. The number of hydrogen-bond donors (Lipinski definition) is 0. The normalized spacial score (nSPS) is 17.7. The summed E-state index contributed by atoms with van der Waals surface area (Å²) in [6.45, 7) is -0.0196. The number of rotatable bonds is 6. The lowest BCUT2D eigenvalue weighted by molar-refractivity contribution is -0.389. The van der Waals surface area contributed by atoms with Crippen molar-refractivity contribution in [3.8, 4) is 11.8 Å². The van der Waals surface area contributed by atoms with Gasteiger partial charge in [-0.25, -0.2) is 0 Å². The van der Waals surface area contributed by atoms with Gasteiger partial charge >= 0.3 is 18.4 Å². The number of fused-ring (bicyclic) bond motifs is 1. The van der Waals surface area contributed by atoms with Crippen molar-refractivity contribution in [3.05, 3.63) is 46.1 Å². The SMILES string of the molecule is CC(c1ccc(OC(F)F)cc1)N(C)[C@@H]1COc2nc([N+](=O)[O-])cn2C1. The van der Waals surface area contributed by atoms with E-state index in [0.717, 1.165) is 5.56 Å². The Hall–Kier alpha value is -2.75. The summed E-state index contributed by atoms with van der Waals surface area (Å²) in [4.78, 5) is 16.2. The van der Waals surface area contributed by atoms with Gasteiger partial charge in [-0.05, 0) is 36.6 Å². The molecule has 2 atom stereocenters. The molecule has 2 heterocycles. The number of ether oxygens (including phenoxy) is 2. The van der Waals surface area contributed by atoms with Crippen molar-refractivity contribution < 1.29 is 23.2 Å². The third kappa shape index (κ3) is 3.74. The van der Waals surface area contributed by atoms with Crippen LogP contribution in [0.25, 0.3) is 0 Å². The topological polar surface area (TPSA) is 82.7 Å². The van der Waals surface area contributed by atoms with Gasteiger partial charge in [0.1, 0.15) is 18.6 Å². The van der Waals surface area contributed by atoms with E-state index in [2.05, 4.69) is 14.6 Å². The molecule has 10 heteroatoms. The van der Waals surface area contributed by atoms with E-state index in [-0.39, 0.29) is 29.7 Å². The molecule has 1 unspecified atom stereocenters. The Morgan fingerprint density at radius 3 is 2.73 bits per heavy atom. The van der Waals surface area contributed by atoms with Gasteiger partial charge in [0.15, 0.2) is 0 Å². The van der Waals surface area contributed by atoms with Gasteiger partial charge in [-0.2, -0.15) is 8.78 Å². The minimum Gasteiger partial charge on any atom is -0.444 e. The first-order valence-electron chi connectivity index (χ1n) is 7.96. The molecule has 3 rings (SSSR count). The Kier molecular flexibility index (Phi) is 5.03. The van der Waals surface area contributed by atoms with E-state index in [1.807, 2.05) is 14.0 Å². The third-order valence-electron chi connectivity index (χ3n) is 4.50. The molecule has 0 radical (unpaired) electrons.